The average molecular weight is 321 g/mol. The first-order chi connectivity index (χ1) is 10.6. The number of rotatable bonds is 4. The molecule has 0 bridgehead atoms. The van der Waals surface area contributed by atoms with Crippen molar-refractivity contribution in [2.45, 2.75) is 31.8 Å². The highest BCUT2D eigenvalue weighted by Crippen LogP contribution is 2.20. The minimum absolute atomic E-state index is 0.237. The fourth-order valence-corrected chi connectivity index (χ4v) is 2.94. The Hall–Kier alpha value is -1.99. The lowest BCUT2D eigenvalue weighted by Crippen LogP contribution is -2.47. The second-order valence-corrected chi connectivity index (χ2v) is 5.72. The first kappa shape index (κ1) is 14.9. The largest absolute Gasteiger partial charge is 0.368 e. The molecule has 3 heterocycles. The zero-order chi connectivity index (χ0) is 15.5. The summed E-state index contributed by atoms with van der Waals surface area (Å²) in [5.41, 5.74) is 6.26. The lowest BCUT2D eigenvalue weighted by molar-refractivity contribution is -0.124. The van der Waals surface area contributed by atoms with Gasteiger partial charge in [0.2, 0.25) is 11.9 Å². The summed E-state index contributed by atoms with van der Waals surface area (Å²) in [6.45, 7) is 1.35. The van der Waals surface area contributed by atoms with E-state index in [1.54, 1.807) is 29.4 Å². The third-order valence-electron chi connectivity index (χ3n) is 3.78. The molecule has 0 saturated carbocycles. The van der Waals surface area contributed by atoms with Crippen LogP contribution in [0, 0.1) is 0 Å². The Balaban J connectivity index is 1.84. The molecule has 8 heteroatoms. The van der Waals surface area contributed by atoms with Crippen molar-refractivity contribution >= 4 is 17.5 Å². The number of likely N-dealkylation sites (tertiary alicyclic amines) is 1. The summed E-state index contributed by atoms with van der Waals surface area (Å²) in [6.07, 6.45) is 7.89. The van der Waals surface area contributed by atoms with Crippen LogP contribution in [0.2, 0.25) is 5.15 Å². The highest BCUT2D eigenvalue weighted by atomic mass is 35.5. The number of carbonyl (C=O) groups is 1. The Bertz CT molecular complexity index is 659. The van der Waals surface area contributed by atoms with Gasteiger partial charge in [-0.15, -0.1) is 0 Å². The molecule has 0 radical (unpaired) electrons. The van der Waals surface area contributed by atoms with E-state index in [0.29, 0.717) is 17.6 Å². The number of halogens is 1. The molecule has 2 aromatic heterocycles. The highest BCUT2D eigenvalue weighted by molar-refractivity contribution is 6.29. The van der Waals surface area contributed by atoms with Crippen LogP contribution in [0.15, 0.2) is 24.8 Å². The molecule has 1 atom stereocenters. The fraction of sp³-hybridized carbons (Fsp3) is 0.429. The van der Waals surface area contributed by atoms with Crippen LogP contribution in [-0.4, -0.2) is 42.9 Å². The molecular weight excluding hydrogens is 304 g/mol. The van der Waals surface area contributed by atoms with E-state index in [1.165, 1.54) is 0 Å². The molecule has 0 aliphatic carbocycles. The predicted molar refractivity (Wildman–Crippen MR) is 81.4 cm³/mol. The number of amides is 1. The fourth-order valence-electron chi connectivity index (χ4n) is 2.74. The molecule has 0 aromatic carbocycles. The number of aromatic nitrogens is 4. The van der Waals surface area contributed by atoms with E-state index in [9.17, 15) is 4.79 Å². The summed E-state index contributed by atoms with van der Waals surface area (Å²) in [5.74, 6) is 0.183. The zero-order valence-corrected chi connectivity index (χ0v) is 12.8. The van der Waals surface area contributed by atoms with Gasteiger partial charge in [-0.25, -0.2) is 15.0 Å². The molecule has 1 saturated heterocycles. The Morgan fingerprint density at radius 3 is 3.00 bits per heavy atom. The number of piperidine rings is 1. The van der Waals surface area contributed by atoms with Gasteiger partial charge in [-0.05, 0) is 25.5 Å². The quantitative estimate of drug-likeness (QED) is 0.854. The van der Waals surface area contributed by atoms with Crippen LogP contribution in [-0.2, 0) is 11.3 Å². The number of nitrogens with zero attached hydrogens (tertiary/aromatic N) is 5. The molecule has 3 rings (SSSR count). The van der Waals surface area contributed by atoms with Crippen molar-refractivity contribution in [1.29, 1.82) is 0 Å². The third kappa shape index (κ3) is 3.26. The molecule has 0 spiro atoms. The molecule has 2 aromatic rings. The van der Waals surface area contributed by atoms with E-state index in [4.69, 9.17) is 17.3 Å². The van der Waals surface area contributed by atoms with Gasteiger partial charge >= 0.3 is 0 Å². The van der Waals surface area contributed by atoms with Gasteiger partial charge in [0.25, 0.3) is 0 Å². The third-order valence-corrected chi connectivity index (χ3v) is 3.97. The van der Waals surface area contributed by atoms with E-state index in [2.05, 4.69) is 19.9 Å². The molecule has 2 N–H and O–H groups in total. The maximum Gasteiger partial charge on any atom is 0.236 e. The van der Waals surface area contributed by atoms with E-state index in [1.807, 2.05) is 0 Å². The SMILES string of the molecule is NC(=O)C1CCCCN1Cc1cc(Cl)nc(-n2ccnc2)n1. The smallest absolute Gasteiger partial charge is 0.236 e. The summed E-state index contributed by atoms with van der Waals surface area (Å²) < 4.78 is 1.69. The minimum Gasteiger partial charge on any atom is -0.368 e. The molecule has 1 amide bonds. The van der Waals surface area contributed by atoms with Gasteiger partial charge in [-0.1, -0.05) is 18.0 Å². The molecule has 7 nitrogen and oxygen atoms in total. The minimum atomic E-state index is -0.283. The highest BCUT2D eigenvalue weighted by Gasteiger charge is 2.27. The van der Waals surface area contributed by atoms with Crippen molar-refractivity contribution in [2.75, 3.05) is 6.54 Å². The zero-order valence-electron chi connectivity index (χ0n) is 12.0. The molecular formula is C14H17ClN6O. The second kappa shape index (κ2) is 6.41. The molecule has 1 aliphatic heterocycles. The van der Waals surface area contributed by atoms with Crippen molar-refractivity contribution in [3.8, 4) is 5.95 Å². The maximum atomic E-state index is 11.6. The van der Waals surface area contributed by atoms with Crippen molar-refractivity contribution in [1.82, 2.24) is 24.4 Å². The Labute approximate surface area is 133 Å². The second-order valence-electron chi connectivity index (χ2n) is 5.34. The lowest BCUT2D eigenvalue weighted by atomic mass is 10.0. The Morgan fingerprint density at radius 2 is 2.27 bits per heavy atom. The van der Waals surface area contributed by atoms with Gasteiger partial charge in [0.05, 0.1) is 11.7 Å². The first-order valence-corrected chi connectivity index (χ1v) is 7.56. The van der Waals surface area contributed by atoms with Gasteiger partial charge in [0.15, 0.2) is 0 Å². The number of hydrogen-bond donors (Lipinski definition) is 1. The van der Waals surface area contributed by atoms with Gasteiger partial charge in [0, 0.05) is 18.9 Å². The average Bonchev–Trinajstić information content (AvgIpc) is 3.01. The first-order valence-electron chi connectivity index (χ1n) is 7.18. The maximum absolute atomic E-state index is 11.6. The molecule has 1 aliphatic rings. The van der Waals surface area contributed by atoms with E-state index in [0.717, 1.165) is 31.5 Å². The Kier molecular flexibility index (Phi) is 4.35. The normalized spacial score (nSPS) is 19.2. The number of hydrogen-bond acceptors (Lipinski definition) is 5. The molecule has 116 valence electrons. The summed E-state index contributed by atoms with van der Waals surface area (Å²) in [7, 11) is 0. The summed E-state index contributed by atoms with van der Waals surface area (Å²) in [5, 5.41) is 0.362. The molecule has 1 fully saturated rings. The summed E-state index contributed by atoms with van der Waals surface area (Å²) in [4.78, 5) is 26.3. The van der Waals surface area contributed by atoms with Gasteiger partial charge in [0.1, 0.15) is 11.5 Å². The van der Waals surface area contributed by atoms with Crippen LogP contribution in [0.1, 0.15) is 25.0 Å². The van der Waals surface area contributed by atoms with Crippen molar-refractivity contribution in [3.05, 3.63) is 35.6 Å². The van der Waals surface area contributed by atoms with Crippen LogP contribution in [0.3, 0.4) is 0 Å². The van der Waals surface area contributed by atoms with Gasteiger partial charge in [-0.3, -0.25) is 14.3 Å². The number of primary amides is 1. The van der Waals surface area contributed by atoms with E-state index in [-0.39, 0.29) is 11.9 Å². The lowest BCUT2D eigenvalue weighted by Gasteiger charge is -2.33. The number of nitrogens with two attached hydrogens (primary N) is 1. The van der Waals surface area contributed by atoms with E-state index >= 15 is 0 Å². The molecule has 22 heavy (non-hydrogen) atoms. The van der Waals surface area contributed by atoms with Crippen LogP contribution in [0.4, 0.5) is 0 Å². The van der Waals surface area contributed by atoms with Crippen LogP contribution >= 0.6 is 11.6 Å². The topological polar surface area (TPSA) is 89.9 Å². The van der Waals surface area contributed by atoms with Crippen LogP contribution in [0.5, 0.6) is 0 Å². The van der Waals surface area contributed by atoms with E-state index < -0.39 is 0 Å². The van der Waals surface area contributed by atoms with Crippen molar-refractivity contribution in [2.24, 2.45) is 5.73 Å². The number of imidazole rings is 1. The predicted octanol–water partition coefficient (Wildman–Crippen LogP) is 1.16. The molecule has 1 unspecified atom stereocenters. The summed E-state index contributed by atoms with van der Waals surface area (Å²) in [6, 6.07) is 1.48. The van der Waals surface area contributed by atoms with Crippen molar-refractivity contribution in [3.63, 3.8) is 0 Å². The standard InChI is InChI=1S/C14H17ClN6O/c15-12-7-10(18-14(19-12)21-6-4-17-9-21)8-20-5-2-1-3-11(20)13(16)22/h4,6-7,9,11H,1-3,5,8H2,(H2,16,22). The van der Waals surface area contributed by atoms with Crippen LogP contribution < -0.4 is 5.73 Å². The van der Waals surface area contributed by atoms with Crippen molar-refractivity contribution < 1.29 is 4.79 Å². The Morgan fingerprint density at radius 1 is 1.41 bits per heavy atom. The van der Waals surface area contributed by atoms with Crippen LogP contribution in [0.25, 0.3) is 5.95 Å². The summed E-state index contributed by atoms with van der Waals surface area (Å²) >= 11 is 6.09. The number of carbonyl (C=O) groups excluding carboxylic acids is 1. The van der Waals surface area contributed by atoms with Gasteiger partial charge < -0.3 is 5.73 Å². The van der Waals surface area contributed by atoms with Gasteiger partial charge in [-0.2, -0.15) is 0 Å². The monoisotopic (exact) mass is 320 g/mol.